The van der Waals surface area contributed by atoms with Gasteiger partial charge in [-0.2, -0.15) is 18.3 Å². The molecule has 3 aromatic rings. The number of nitrogens with one attached hydrogen (secondary N) is 1. The van der Waals surface area contributed by atoms with Crippen LogP contribution < -0.4 is 5.32 Å². The summed E-state index contributed by atoms with van der Waals surface area (Å²) in [7, 11) is 0. The molecule has 2 aliphatic heterocycles. The second-order valence-electron chi connectivity index (χ2n) is 10.6. The fourth-order valence-electron chi connectivity index (χ4n) is 5.34. The molecule has 5 rings (SSSR count). The number of piperidine rings is 2. The van der Waals surface area contributed by atoms with Crippen molar-refractivity contribution in [2.24, 2.45) is 5.92 Å². The zero-order valence-electron chi connectivity index (χ0n) is 23.0. The highest BCUT2D eigenvalue weighted by atomic mass is 35.5. The molecule has 2 saturated heterocycles. The highest BCUT2D eigenvalue weighted by Gasteiger charge is 2.38. The molecule has 2 aromatic carbocycles. The number of fused-ring (bicyclic) bond motifs is 1. The third kappa shape index (κ3) is 8.80. The average Bonchev–Trinajstić information content (AvgIpc) is 3.31. The molecular weight excluding hydrogens is 573 g/mol. The molecule has 0 aliphatic carbocycles. The standard InChI is InChI=1S/C28H33ClN4O2.C2HF3O2/c29-24-6-3-22(4-7-24)18-33-26-17-21(2-1-20-9-13-30-14-10-20)5-8-25(26)28(31-33)23-11-15-32(16-12-23)19-27(34)35;3-2(4,5)1(6)7/h1-8,17,20,23,30H,9-16,18-19H2,(H,34,35);(H,6,7)/b2-1+;. The number of aliphatic carboxylic acids is 2. The lowest BCUT2D eigenvalue weighted by Gasteiger charge is -2.30. The van der Waals surface area contributed by atoms with E-state index in [4.69, 9.17) is 31.7 Å². The van der Waals surface area contributed by atoms with Crippen LogP contribution in [0.4, 0.5) is 13.2 Å². The van der Waals surface area contributed by atoms with Crippen molar-refractivity contribution in [1.82, 2.24) is 20.0 Å². The molecule has 0 atom stereocenters. The molecule has 3 N–H and O–H groups in total. The minimum Gasteiger partial charge on any atom is -0.480 e. The Morgan fingerprint density at radius 3 is 2.26 bits per heavy atom. The monoisotopic (exact) mass is 606 g/mol. The fraction of sp³-hybridized carbons (Fsp3) is 0.433. The number of rotatable bonds is 7. The molecule has 1 aromatic heterocycles. The van der Waals surface area contributed by atoms with Crippen LogP contribution in [0.25, 0.3) is 17.0 Å². The smallest absolute Gasteiger partial charge is 0.480 e. The van der Waals surface area contributed by atoms with Crippen molar-refractivity contribution in [3.8, 4) is 0 Å². The number of hydrogen-bond acceptors (Lipinski definition) is 5. The minimum absolute atomic E-state index is 0.116. The minimum atomic E-state index is -5.08. The van der Waals surface area contributed by atoms with E-state index in [1.165, 1.54) is 23.8 Å². The topological polar surface area (TPSA) is 108 Å². The molecule has 226 valence electrons. The van der Waals surface area contributed by atoms with E-state index in [2.05, 4.69) is 52.5 Å². The molecule has 0 radical (unpaired) electrons. The molecule has 8 nitrogen and oxygen atoms in total. The Morgan fingerprint density at radius 2 is 1.67 bits per heavy atom. The Morgan fingerprint density at radius 1 is 1.02 bits per heavy atom. The van der Waals surface area contributed by atoms with Gasteiger partial charge in [0, 0.05) is 16.3 Å². The summed E-state index contributed by atoms with van der Waals surface area (Å²) in [5, 5.41) is 26.7. The number of halogens is 4. The van der Waals surface area contributed by atoms with Crippen LogP contribution in [-0.2, 0) is 16.1 Å². The van der Waals surface area contributed by atoms with Gasteiger partial charge < -0.3 is 15.5 Å². The molecule has 0 unspecified atom stereocenters. The quantitative estimate of drug-likeness (QED) is 0.319. The molecule has 2 fully saturated rings. The van der Waals surface area contributed by atoms with Crippen LogP contribution in [-0.4, -0.2) is 75.7 Å². The predicted molar refractivity (Wildman–Crippen MR) is 155 cm³/mol. The van der Waals surface area contributed by atoms with Crippen LogP contribution in [0.2, 0.25) is 5.02 Å². The lowest BCUT2D eigenvalue weighted by atomic mass is 9.91. The van der Waals surface area contributed by atoms with E-state index in [1.807, 2.05) is 17.0 Å². The third-order valence-electron chi connectivity index (χ3n) is 7.57. The van der Waals surface area contributed by atoms with Gasteiger partial charge in [-0.1, -0.05) is 48.0 Å². The largest absolute Gasteiger partial charge is 0.490 e. The molecule has 0 saturated carbocycles. The number of nitrogens with zero attached hydrogens (tertiary/aromatic N) is 3. The first-order valence-electron chi connectivity index (χ1n) is 13.9. The lowest BCUT2D eigenvalue weighted by Crippen LogP contribution is -2.36. The van der Waals surface area contributed by atoms with Gasteiger partial charge in [-0.3, -0.25) is 14.4 Å². The van der Waals surface area contributed by atoms with Gasteiger partial charge in [-0.25, -0.2) is 4.79 Å². The summed E-state index contributed by atoms with van der Waals surface area (Å²) >= 11 is 6.10. The van der Waals surface area contributed by atoms with Crippen LogP contribution in [0, 0.1) is 5.92 Å². The van der Waals surface area contributed by atoms with Gasteiger partial charge in [0.05, 0.1) is 24.3 Å². The van der Waals surface area contributed by atoms with Gasteiger partial charge in [0.1, 0.15) is 0 Å². The summed E-state index contributed by atoms with van der Waals surface area (Å²) in [6.07, 6.45) is 3.78. The van der Waals surface area contributed by atoms with E-state index >= 15 is 0 Å². The SMILES string of the molecule is O=C(O)C(F)(F)F.O=C(O)CN1CCC(c2nn(Cc3ccc(Cl)cc3)c3cc(/C=C/C4CCNCC4)ccc23)CC1. The summed E-state index contributed by atoms with van der Waals surface area (Å²) < 4.78 is 33.9. The number of carboxylic acids is 2. The maximum absolute atomic E-state index is 11.1. The lowest BCUT2D eigenvalue weighted by molar-refractivity contribution is -0.192. The van der Waals surface area contributed by atoms with Gasteiger partial charge in [0.2, 0.25) is 0 Å². The normalized spacial score (nSPS) is 17.3. The van der Waals surface area contributed by atoms with Crippen molar-refractivity contribution in [3.63, 3.8) is 0 Å². The van der Waals surface area contributed by atoms with Crippen LogP contribution in [0.1, 0.15) is 48.4 Å². The number of likely N-dealkylation sites (tertiary alicyclic amines) is 1. The number of aromatic nitrogens is 2. The number of carboxylic acid groups (broad SMARTS) is 2. The van der Waals surface area contributed by atoms with Crippen LogP contribution >= 0.6 is 11.6 Å². The molecule has 42 heavy (non-hydrogen) atoms. The van der Waals surface area contributed by atoms with Crippen molar-refractivity contribution >= 4 is 40.5 Å². The number of carbonyl (C=O) groups is 2. The first-order chi connectivity index (χ1) is 20.0. The van der Waals surface area contributed by atoms with Crippen LogP contribution in [0.5, 0.6) is 0 Å². The molecule has 12 heteroatoms. The average molecular weight is 607 g/mol. The molecule has 0 bridgehead atoms. The highest BCUT2D eigenvalue weighted by molar-refractivity contribution is 6.30. The van der Waals surface area contributed by atoms with Crippen molar-refractivity contribution in [2.75, 3.05) is 32.7 Å². The van der Waals surface area contributed by atoms with E-state index in [0.29, 0.717) is 18.4 Å². The summed E-state index contributed by atoms with van der Waals surface area (Å²) in [6.45, 7) is 4.57. The van der Waals surface area contributed by atoms with Gasteiger partial charge in [0.25, 0.3) is 0 Å². The summed E-state index contributed by atoms with van der Waals surface area (Å²) in [4.78, 5) is 22.0. The maximum atomic E-state index is 11.1. The zero-order valence-corrected chi connectivity index (χ0v) is 23.7. The Balaban J connectivity index is 0.000000517. The second-order valence-corrected chi connectivity index (χ2v) is 11.1. The first kappa shape index (κ1) is 31.5. The predicted octanol–water partition coefficient (Wildman–Crippen LogP) is 5.65. The number of benzene rings is 2. The molecular formula is C30H34ClF3N4O4. The van der Waals surface area contributed by atoms with Gasteiger partial charge in [0.15, 0.2) is 0 Å². The van der Waals surface area contributed by atoms with Crippen molar-refractivity contribution in [2.45, 2.75) is 44.3 Å². The summed E-state index contributed by atoms with van der Waals surface area (Å²) in [5.74, 6) is -2.54. The second kappa shape index (κ2) is 14.2. The maximum Gasteiger partial charge on any atom is 0.490 e. The molecule has 0 spiro atoms. The van der Waals surface area contributed by atoms with Gasteiger partial charge in [-0.15, -0.1) is 0 Å². The van der Waals surface area contributed by atoms with Crippen molar-refractivity contribution in [1.29, 1.82) is 0 Å². The number of alkyl halides is 3. The summed E-state index contributed by atoms with van der Waals surface area (Å²) in [5.41, 5.74) is 4.65. The molecule has 2 aliphatic rings. The van der Waals surface area contributed by atoms with Gasteiger partial charge in [-0.05, 0) is 87.1 Å². The van der Waals surface area contributed by atoms with E-state index < -0.39 is 18.1 Å². The Bertz CT molecular complexity index is 1390. The fourth-order valence-corrected chi connectivity index (χ4v) is 5.47. The number of hydrogen-bond donors (Lipinski definition) is 3. The molecule has 0 amide bonds. The highest BCUT2D eigenvalue weighted by Crippen LogP contribution is 2.33. The van der Waals surface area contributed by atoms with Crippen LogP contribution in [0.3, 0.4) is 0 Å². The van der Waals surface area contributed by atoms with Gasteiger partial charge >= 0.3 is 18.1 Å². The molecule has 3 heterocycles. The van der Waals surface area contributed by atoms with E-state index in [9.17, 15) is 18.0 Å². The van der Waals surface area contributed by atoms with Crippen molar-refractivity contribution < 1.29 is 33.0 Å². The summed E-state index contributed by atoms with van der Waals surface area (Å²) in [6, 6.07) is 14.7. The number of allylic oxidation sites excluding steroid dienone is 1. The van der Waals surface area contributed by atoms with Crippen LogP contribution in [0.15, 0.2) is 48.5 Å². The van der Waals surface area contributed by atoms with E-state index in [-0.39, 0.29) is 6.54 Å². The first-order valence-corrected chi connectivity index (χ1v) is 14.3. The Kier molecular flexibility index (Phi) is 10.6. The Labute approximate surface area is 246 Å². The van der Waals surface area contributed by atoms with Crippen molar-refractivity contribution in [3.05, 3.63) is 70.4 Å². The van der Waals surface area contributed by atoms with E-state index in [0.717, 1.165) is 60.8 Å². The zero-order chi connectivity index (χ0) is 30.3. The Hall–Kier alpha value is -3.41. The third-order valence-corrected chi connectivity index (χ3v) is 7.82. The van der Waals surface area contributed by atoms with E-state index in [1.54, 1.807) is 0 Å².